The Morgan fingerprint density at radius 3 is 2.00 bits per heavy atom. The number of hydrogen-bond donors (Lipinski definition) is 0. The van der Waals surface area contributed by atoms with Crippen molar-refractivity contribution in [1.29, 1.82) is 0 Å². The van der Waals surface area contributed by atoms with E-state index in [0.29, 0.717) is 63.1 Å². The topological polar surface area (TPSA) is 43.9 Å². The number of benzene rings is 2. The van der Waals surface area contributed by atoms with Gasteiger partial charge in [0.15, 0.2) is 0 Å². The Kier molecular flexibility index (Phi) is 9.04. The summed E-state index contributed by atoms with van der Waals surface area (Å²) in [6.07, 6.45) is -6.74. The molecular formula is C32H36F7N3O2. The van der Waals surface area contributed by atoms with Gasteiger partial charge in [-0.1, -0.05) is 6.07 Å². The molecule has 0 N–H and O–H groups in total. The molecule has 0 aromatic heterocycles. The standard InChI is InChI=1S/C32H36F7N3O2/c1-19-13-24(33)3-6-27(19)29-18-41(25-7-10-40(11-8-25)20(2)43)12-9-28(29)30(44)42(26-4-5-26)17-21-14-22(31(34,35)36)16-23(15-21)32(37,38)39/h3,6,13-16,25-26,28-29H,4-5,7-12,17-18H2,1-2H3/t28-,29+/m1/s1. The van der Waals surface area contributed by atoms with E-state index in [1.807, 2.05) is 0 Å². The van der Waals surface area contributed by atoms with Crippen molar-refractivity contribution in [2.24, 2.45) is 5.92 Å². The first kappa shape index (κ1) is 32.2. The van der Waals surface area contributed by atoms with E-state index in [2.05, 4.69) is 4.90 Å². The van der Waals surface area contributed by atoms with Crippen LogP contribution in [0.4, 0.5) is 30.7 Å². The lowest BCUT2D eigenvalue weighted by molar-refractivity contribution is -0.143. The van der Waals surface area contributed by atoms with Crippen molar-refractivity contribution in [1.82, 2.24) is 14.7 Å². The van der Waals surface area contributed by atoms with Gasteiger partial charge in [-0.2, -0.15) is 26.3 Å². The second-order valence-electron chi connectivity index (χ2n) is 12.3. The van der Waals surface area contributed by atoms with E-state index in [1.54, 1.807) is 24.8 Å². The molecule has 0 spiro atoms. The predicted molar refractivity (Wildman–Crippen MR) is 149 cm³/mol. The first-order valence-corrected chi connectivity index (χ1v) is 15.0. The van der Waals surface area contributed by atoms with Crippen LogP contribution in [0.25, 0.3) is 0 Å². The van der Waals surface area contributed by atoms with E-state index in [0.717, 1.165) is 18.4 Å². The second kappa shape index (κ2) is 12.3. The molecule has 3 aliphatic rings. The van der Waals surface area contributed by atoms with Crippen LogP contribution < -0.4 is 0 Å². The SMILES string of the molecule is CC(=O)N1CCC(N2CC[C@@H](C(=O)N(Cc3cc(C(F)(F)F)cc(C(F)(F)F)c3)C3CC3)[C@H](c3ccc(F)cc3C)C2)CC1. The van der Waals surface area contributed by atoms with Gasteiger partial charge in [-0.3, -0.25) is 14.5 Å². The minimum Gasteiger partial charge on any atom is -0.343 e. The molecule has 2 saturated heterocycles. The maximum absolute atomic E-state index is 14.3. The molecule has 1 aliphatic carbocycles. The summed E-state index contributed by atoms with van der Waals surface area (Å²) < 4.78 is 95.4. The zero-order valence-electron chi connectivity index (χ0n) is 24.6. The minimum atomic E-state index is -4.98. The Morgan fingerprint density at radius 2 is 1.48 bits per heavy atom. The molecule has 0 radical (unpaired) electrons. The fourth-order valence-corrected chi connectivity index (χ4v) is 6.81. The average Bonchev–Trinajstić information content (AvgIpc) is 3.80. The number of halogens is 7. The number of carbonyl (C=O) groups excluding carboxylic acids is 2. The van der Waals surface area contributed by atoms with E-state index in [4.69, 9.17) is 0 Å². The molecule has 5 rings (SSSR count). The Labute approximate surface area is 252 Å². The van der Waals surface area contributed by atoms with Crippen LogP contribution >= 0.6 is 0 Å². The van der Waals surface area contributed by atoms with Crippen LogP contribution in [0.5, 0.6) is 0 Å². The molecule has 2 heterocycles. The molecule has 5 nitrogen and oxygen atoms in total. The summed E-state index contributed by atoms with van der Waals surface area (Å²) in [5.74, 6) is -1.63. The molecule has 44 heavy (non-hydrogen) atoms. The van der Waals surface area contributed by atoms with Crippen LogP contribution in [0.1, 0.15) is 72.8 Å². The molecule has 12 heteroatoms. The number of rotatable bonds is 6. The molecule has 2 aliphatic heterocycles. The van der Waals surface area contributed by atoms with Crippen LogP contribution in [-0.2, 0) is 28.5 Å². The third-order valence-corrected chi connectivity index (χ3v) is 9.29. The number of aryl methyl sites for hydroxylation is 1. The van der Waals surface area contributed by atoms with Crippen LogP contribution in [0.3, 0.4) is 0 Å². The number of likely N-dealkylation sites (tertiary alicyclic amines) is 2. The van der Waals surface area contributed by atoms with Gasteiger partial charge in [0.2, 0.25) is 11.8 Å². The van der Waals surface area contributed by atoms with E-state index in [-0.39, 0.29) is 48.0 Å². The highest BCUT2D eigenvalue weighted by atomic mass is 19.4. The summed E-state index contributed by atoms with van der Waals surface area (Å²) in [6, 6.07) is 5.81. The highest BCUT2D eigenvalue weighted by Gasteiger charge is 2.44. The van der Waals surface area contributed by atoms with Gasteiger partial charge >= 0.3 is 12.4 Å². The maximum Gasteiger partial charge on any atom is 0.416 e. The molecule has 0 unspecified atom stereocenters. The lowest BCUT2D eigenvalue weighted by Gasteiger charge is -2.45. The van der Waals surface area contributed by atoms with Crippen molar-refractivity contribution in [3.8, 4) is 0 Å². The molecule has 0 bridgehead atoms. The van der Waals surface area contributed by atoms with Gasteiger partial charge in [-0.05, 0) is 92.6 Å². The lowest BCUT2D eigenvalue weighted by atomic mass is 9.77. The summed E-state index contributed by atoms with van der Waals surface area (Å²) in [6.45, 7) is 5.28. The van der Waals surface area contributed by atoms with E-state index in [9.17, 15) is 40.3 Å². The highest BCUT2D eigenvalue weighted by molar-refractivity contribution is 5.81. The molecular weight excluding hydrogens is 591 g/mol. The Bertz CT molecular complexity index is 1350. The fraction of sp³-hybridized carbons (Fsp3) is 0.562. The van der Waals surface area contributed by atoms with Crippen molar-refractivity contribution in [2.75, 3.05) is 26.2 Å². The zero-order valence-corrected chi connectivity index (χ0v) is 24.6. The maximum atomic E-state index is 14.3. The molecule has 3 fully saturated rings. The highest BCUT2D eigenvalue weighted by Crippen LogP contribution is 2.41. The zero-order chi connectivity index (χ0) is 32.0. The number of nitrogens with zero attached hydrogens (tertiary/aromatic N) is 3. The smallest absolute Gasteiger partial charge is 0.343 e. The largest absolute Gasteiger partial charge is 0.416 e. The van der Waals surface area contributed by atoms with E-state index in [1.165, 1.54) is 17.0 Å². The molecule has 240 valence electrons. The van der Waals surface area contributed by atoms with Gasteiger partial charge in [0.1, 0.15) is 5.82 Å². The van der Waals surface area contributed by atoms with Crippen LogP contribution in [0.2, 0.25) is 0 Å². The summed E-state index contributed by atoms with van der Waals surface area (Å²) in [7, 11) is 0. The van der Waals surface area contributed by atoms with Crippen LogP contribution in [0, 0.1) is 18.7 Å². The number of carbonyl (C=O) groups is 2. The molecule has 2 atom stereocenters. The molecule has 1 saturated carbocycles. The van der Waals surface area contributed by atoms with Gasteiger partial charge in [0, 0.05) is 57.0 Å². The fourth-order valence-electron chi connectivity index (χ4n) is 6.81. The van der Waals surface area contributed by atoms with Gasteiger partial charge in [0.05, 0.1) is 11.1 Å². The van der Waals surface area contributed by atoms with Crippen molar-refractivity contribution in [3.05, 3.63) is 70.0 Å². The summed E-state index contributed by atoms with van der Waals surface area (Å²) in [4.78, 5) is 31.6. The van der Waals surface area contributed by atoms with Crippen molar-refractivity contribution < 1.29 is 40.3 Å². The van der Waals surface area contributed by atoms with E-state index >= 15 is 0 Å². The monoisotopic (exact) mass is 627 g/mol. The molecule has 2 amide bonds. The number of piperidine rings is 2. The quantitative estimate of drug-likeness (QED) is 0.332. The predicted octanol–water partition coefficient (Wildman–Crippen LogP) is 6.78. The number of hydrogen-bond acceptors (Lipinski definition) is 3. The first-order chi connectivity index (χ1) is 20.6. The van der Waals surface area contributed by atoms with E-state index < -0.39 is 35.2 Å². The molecule has 2 aromatic carbocycles. The summed E-state index contributed by atoms with van der Waals surface area (Å²) >= 11 is 0. The number of amides is 2. The van der Waals surface area contributed by atoms with Crippen LogP contribution in [0.15, 0.2) is 36.4 Å². The van der Waals surface area contributed by atoms with Crippen molar-refractivity contribution in [2.45, 2.75) is 82.9 Å². The van der Waals surface area contributed by atoms with Crippen molar-refractivity contribution >= 4 is 11.8 Å². The third kappa shape index (κ3) is 7.21. The lowest BCUT2D eigenvalue weighted by Crippen LogP contribution is -2.53. The van der Waals surface area contributed by atoms with Gasteiger partial charge in [0.25, 0.3) is 0 Å². The summed E-state index contributed by atoms with van der Waals surface area (Å²) in [5.41, 5.74) is -1.57. The average molecular weight is 628 g/mol. The van der Waals surface area contributed by atoms with Crippen molar-refractivity contribution in [3.63, 3.8) is 0 Å². The van der Waals surface area contributed by atoms with Gasteiger partial charge < -0.3 is 9.80 Å². The Morgan fingerprint density at radius 1 is 0.864 bits per heavy atom. The Balaban J connectivity index is 1.43. The summed E-state index contributed by atoms with van der Waals surface area (Å²) in [5, 5.41) is 0. The van der Waals surface area contributed by atoms with Gasteiger partial charge in [-0.25, -0.2) is 4.39 Å². The number of alkyl halides is 6. The normalized spacial score (nSPS) is 22.2. The minimum absolute atomic E-state index is 0.0239. The molecule has 2 aromatic rings. The third-order valence-electron chi connectivity index (χ3n) is 9.29. The first-order valence-electron chi connectivity index (χ1n) is 15.0. The van der Waals surface area contributed by atoms with Crippen LogP contribution in [-0.4, -0.2) is 64.8 Å². The second-order valence-corrected chi connectivity index (χ2v) is 12.3. The van der Waals surface area contributed by atoms with Gasteiger partial charge in [-0.15, -0.1) is 0 Å². The Hall–Kier alpha value is -3.15.